The summed E-state index contributed by atoms with van der Waals surface area (Å²) in [4.78, 5) is 13.3. The van der Waals surface area contributed by atoms with E-state index in [1.165, 1.54) is 27.8 Å². The summed E-state index contributed by atoms with van der Waals surface area (Å²) in [6.45, 7) is 6.13. The van der Waals surface area contributed by atoms with Gasteiger partial charge in [0.15, 0.2) is 10.8 Å². The topological polar surface area (TPSA) is 33.5 Å². The molecule has 5 heteroatoms. The summed E-state index contributed by atoms with van der Waals surface area (Å²) in [5.74, 6) is 0. The Morgan fingerprint density at radius 1 is 0.893 bits per heavy atom. The van der Waals surface area contributed by atoms with Gasteiger partial charge in [-0.15, -0.1) is 11.3 Å². The molecule has 0 saturated carbocycles. The highest BCUT2D eigenvalue weighted by Gasteiger charge is 2.22. The predicted molar refractivity (Wildman–Crippen MR) is 117 cm³/mol. The maximum absolute atomic E-state index is 4.89. The summed E-state index contributed by atoms with van der Waals surface area (Å²) in [6, 6.07) is 21.3. The molecule has 3 heterocycles. The van der Waals surface area contributed by atoms with Crippen LogP contribution in [0.1, 0.15) is 5.69 Å². The summed E-state index contributed by atoms with van der Waals surface area (Å²) in [5, 5.41) is 4.59. The molecule has 5 rings (SSSR count). The number of nitrogens with one attached hydrogen (secondary N) is 1. The molecule has 4 aromatic rings. The van der Waals surface area contributed by atoms with Crippen LogP contribution < -0.4 is 14.8 Å². The molecule has 0 unspecified atom stereocenters. The fourth-order valence-electron chi connectivity index (χ4n) is 3.90. The lowest BCUT2D eigenvalue weighted by Gasteiger charge is -2.36. The molecule has 0 spiro atoms. The first-order valence-electron chi connectivity index (χ1n) is 9.70. The van der Waals surface area contributed by atoms with Crippen LogP contribution in [0.4, 0.5) is 10.8 Å². The van der Waals surface area contributed by atoms with Crippen molar-refractivity contribution in [2.75, 3.05) is 36.0 Å². The zero-order chi connectivity index (χ0) is 18.9. The van der Waals surface area contributed by atoms with Crippen LogP contribution >= 0.6 is 11.3 Å². The zero-order valence-electron chi connectivity index (χ0n) is 15.9. The minimum atomic E-state index is 0.994. The van der Waals surface area contributed by atoms with Crippen LogP contribution in [0.15, 0.2) is 66.0 Å². The molecule has 140 valence electrons. The maximum atomic E-state index is 4.89. The SMILES string of the molecule is Cc1cc(N2CCN(c3nc(-c4ccccc4)cs3)CC2)c2ccccc2[nH+]1. The maximum Gasteiger partial charge on any atom is 0.213 e. The number of anilines is 2. The van der Waals surface area contributed by atoms with Gasteiger partial charge >= 0.3 is 0 Å². The standard InChI is InChI=1S/C23H22N4S/c1-17-15-22(19-9-5-6-10-20(19)24-17)26-11-13-27(14-12-26)23-25-21(16-28-23)18-7-3-2-4-8-18/h2-10,15-16H,11-14H2,1H3/p+1. The third-order valence-electron chi connectivity index (χ3n) is 5.34. The van der Waals surface area contributed by atoms with E-state index in [1.807, 2.05) is 6.07 Å². The first-order chi connectivity index (χ1) is 13.8. The molecule has 0 aliphatic carbocycles. The minimum absolute atomic E-state index is 0.994. The number of aromatic amines is 1. The van der Waals surface area contributed by atoms with E-state index in [2.05, 4.69) is 81.7 Å². The largest absolute Gasteiger partial charge is 0.367 e. The van der Waals surface area contributed by atoms with Crippen LogP contribution in [-0.2, 0) is 0 Å². The van der Waals surface area contributed by atoms with Crippen molar-refractivity contribution in [3.63, 3.8) is 0 Å². The average Bonchev–Trinajstić information content (AvgIpc) is 3.24. The number of hydrogen-bond acceptors (Lipinski definition) is 4. The molecular formula is C23H23N4S+. The van der Waals surface area contributed by atoms with Gasteiger partial charge in [-0.3, -0.25) is 0 Å². The molecule has 0 atom stereocenters. The number of nitrogens with zero attached hydrogens (tertiary/aromatic N) is 3. The number of piperazine rings is 1. The fraction of sp³-hybridized carbons (Fsp3) is 0.217. The summed E-state index contributed by atoms with van der Waals surface area (Å²) >= 11 is 1.74. The van der Waals surface area contributed by atoms with Gasteiger partial charge in [-0.2, -0.15) is 0 Å². The Labute approximate surface area is 169 Å². The van der Waals surface area contributed by atoms with Gasteiger partial charge in [-0.25, -0.2) is 9.97 Å². The molecular weight excluding hydrogens is 364 g/mol. The average molecular weight is 388 g/mol. The van der Waals surface area contributed by atoms with Crippen molar-refractivity contribution in [3.8, 4) is 11.3 Å². The summed E-state index contributed by atoms with van der Waals surface area (Å²) in [6.07, 6.45) is 0. The number of pyridine rings is 1. The number of H-pyrrole nitrogens is 1. The number of aromatic nitrogens is 2. The van der Waals surface area contributed by atoms with E-state index in [-0.39, 0.29) is 0 Å². The Morgan fingerprint density at radius 2 is 1.61 bits per heavy atom. The normalized spacial score (nSPS) is 14.6. The van der Waals surface area contributed by atoms with Crippen molar-refractivity contribution in [1.82, 2.24) is 4.98 Å². The van der Waals surface area contributed by atoms with E-state index in [9.17, 15) is 0 Å². The lowest BCUT2D eigenvalue weighted by Crippen LogP contribution is -2.46. The van der Waals surface area contributed by atoms with Crippen molar-refractivity contribution >= 4 is 33.1 Å². The molecule has 0 amide bonds. The molecule has 2 aromatic carbocycles. The Bertz CT molecular complexity index is 1100. The lowest BCUT2D eigenvalue weighted by molar-refractivity contribution is -0.354. The van der Waals surface area contributed by atoms with Crippen molar-refractivity contribution in [2.45, 2.75) is 6.92 Å². The van der Waals surface area contributed by atoms with Crippen molar-refractivity contribution < 1.29 is 4.98 Å². The van der Waals surface area contributed by atoms with Gasteiger partial charge in [-0.1, -0.05) is 42.5 Å². The first-order valence-corrected chi connectivity index (χ1v) is 10.6. The van der Waals surface area contributed by atoms with Crippen molar-refractivity contribution in [2.24, 2.45) is 0 Å². The molecule has 1 saturated heterocycles. The summed E-state index contributed by atoms with van der Waals surface area (Å²) in [5.41, 5.74) is 5.99. The van der Waals surface area contributed by atoms with E-state index in [4.69, 9.17) is 4.98 Å². The second-order valence-corrected chi connectivity index (χ2v) is 8.08. The summed E-state index contributed by atoms with van der Waals surface area (Å²) < 4.78 is 0. The molecule has 4 nitrogen and oxygen atoms in total. The van der Waals surface area contributed by atoms with E-state index in [0.717, 1.165) is 37.0 Å². The number of aryl methyl sites for hydroxylation is 1. The highest BCUT2D eigenvalue weighted by atomic mass is 32.1. The molecule has 1 fully saturated rings. The van der Waals surface area contributed by atoms with E-state index in [1.54, 1.807) is 11.3 Å². The fourth-order valence-corrected chi connectivity index (χ4v) is 4.79. The van der Waals surface area contributed by atoms with Crippen LogP contribution in [0.5, 0.6) is 0 Å². The Hall–Kier alpha value is -2.92. The van der Waals surface area contributed by atoms with Crippen LogP contribution in [-0.4, -0.2) is 31.2 Å². The van der Waals surface area contributed by atoms with Crippen LogP contribution in [0.25, 0.3) is 22.2 Å². The smallest absolute Gasteiger partial charge is 0.213 e. The van der Waals surface area contributed by atoms with Gasteiger partial charge in [0, 0.05) is 56.2 Å². The highest BCUT2D eigenvalue weighted by Crippen LogP contribution is 2.30. The lowest BCUT2D eigenvalue weighted by atomic mass is 10.1. The number of para-hydroxylation sites is 1. The molecule has 1 aliphatic heterocycles. The first kappa shape index (κ1) is 17.2. The van der Waals surface area contributed by atoms with Gasteiger partial charge in [0.25, 0.3) is 0 Å². The quantitative estimate of drug-likeness (QED) is 0.522. The van der Waals surface area contributed by atoms with Crippen molar-refractivity contribution in [1.29, 1.82) is 0 Å². The predicted octanol–water partition coefficient (Wildman–Crippen LogP) is 4.41. The van der Waals surface area contributed by atoms with Gasteiger partial charge < -0.3 is 9.80 Å². The van der Waals surface area contributed by atoms with E-state index >= 15 is 0 Å². The number of thiazole rings is 1. The third-order valence-corrected chi connectivity index (χ3v) is 6.24. The molecule has 28 heavy (non-hydrogen) atoms. The monoisotopic (exact) mass is 387 g/mol. The molecule has 0 bridgehead atoms. The van der Waals surface area contributed by atoms with Gasteiger partial charge in [0.1, 0.15) is 0 Å². The highest BCUT2D eigenvalue weighted by molar-refractivity contribution is 7.14. The number of benzene rings is 2. The Kier molecular flexibility index (Phi) is 4.45. The van der Waals surface area contributed by atoms with Crippen LogP contribution in [0.3, 0.4) is 0 Å². The molecule has 2 aromatic heterocycles. The van der Waals surface area contributed by atoms with Crippen LogP contribution in [0.2, 0.25) is 0 Å². The Morgan fingerprint density at radius 3 is 2.43 bits per heavy atom. The van der Waals surface area contributed by atoms with Crippen molar-refractivity contribution in [3.05, 3.63) is 71.7 Å². The van der Waals surface area contributed by atoms with Gasteiger partial charge in [0.2, 0.25) is 5.52 Å². The second-order valence-electron chi connectivity index (χ2n) is 7.24. The molecule has 1 aliphatic rings. The molecule has 0 radical (unpaired) electrons. The zero-order valence-corrected chi connectivity index (χ0v) is 16.7. The van der Waals surface area contributed by atoms with Crippen LogP contribution in [0, 0.1) is 6.92 Å². The van der Waals surface area contributed by atoms with E-state index in [0.29, 0.717) is 0 Å². The number of rotatable bonds is 3. The van der Waals surface area contributed by atoms with E-state index < -0.39 is 0 Å². The minimum Gasteiger partial charge on any atom is -0.367 e. The van der Waals surface area contributed by atoms with Gasteiger partial charge in [0.05, 0.1) is 16.8 Å². The number of fused-ring (bicyclic) bond motifs is 1. The molecule has 1 N–H and O–H groups in total. The number of hydrogen-bond donors (Lipinski definition) is 0. The Balaban J connectivity index is 1.34. The third kappa shape index (κ3) is 3.22. The summed E-state index contributed by atoms with van der Waals surface area (Å²) in [7, 11) is 0. The second kappa shape index (κ2) is 7.24. The van der Waals surface area contributed by atoms with Gasteiger partial charge in [-0.05, 0) is 6.07 Å².